The van der Waals surface area contributed by atoms with E-state index < -0.39 is 23.7 Å². The number of nitrogens with two attached hydrogens (primary N) is 1. The largest absolute Gasteiger partial charge is 0.480 e. The van der Waals surface area contributed by atoms with E-state index in [0.717, 1.165) is 18.9 Å². The lowest BCUT2D eigenvalue weighted by molar-refractivity contribution is -0.138. The molecule has 3 atom stereocenters. The Morgan fingerprint density at radius 2 is 2.25 bits per heavy atom. The zero-order valence-corrected chi connectivity index (χ0v) is 13.4. The van der Waals surface area contributed by atoms with Crippen molar-refractivity contribution in [3.8, 4) is 0 Å². The van der Waals surface area contributed by atoms with Crippen molar-refractivity contribution in [3.05, 3.63) is 35.1 Å². The Balaban J connectivity index is 2.13. The van der Waals surface area contributed by atoms with Crippen LogP contribution in [0.1, 0.15) is 41.6 Å². The van der Waals surface area contributed by atoms with Crippen LogP contribution in [-0.4, -0.2) is 42.2 Å². The molecule has 1 aromatic carbocycles. The van der Waals surface area contributed by atoms with Gasteiger partial charge in [0.25, 0.3) is 5.91 Å². The van der Waals surface area contributed by atoms with Crippen LogP contribution in [0.5, 0.6) is 0 Å². The number of carboxylic acids is 1. The van der Waals surface area contributed by atoms with Crippen LogP contribution < -0.4 is 16.5 Å². The van der Waals surface area contributed by atoms with Crippen molar-refractivity contribution in [3.63, 3.8) is 0 Å². The van der Waals surface area contributed by atoms with Crippen molar-refractivity contribution in [1.29, 1.82) is 0 Å². The third-order valence-electron chi connectivity index (χ3n) is 3.97. The Morgan fingerprint density at radius 3 is 2.92 bits per heavy atom. The third kappa shape index (κ3) is 4.50. The van der Waals surface area contributed by atoms with Gasteiger partial charge in [-0.15, -0.1) is 0 Å². The van der Waals surface area contributed by atoms with Gasteiger partial charge in [-0.3, -0.25) is 14.4 Å². The maximum Gasteiger partial charge on any atom is 0.322 e. The number of carbonyl (C=O) groups excluding carboxylic acids is 1. The molecular formula is C16H22FN3O4. The van der Waals surface area contributed by atoms with Gasteiger partial charge in [-0.05, 0) is 30.2 Å². The minimum atomic E-state index is -1.22. The summed E-state index contributed by atoms with van der Waals surface area (Å²) in [6, 6.07) is 2.91. The molecule has 0 aliphatic carbocycles. The molecule has 7 nitrogen and oxygen atoms in total. The summed E-state index contributed by atoms with van der Waals surface area (Å²) in [5.74, 6) is -2.35. The van der Waals surface area contributed by atoms with E-state index in [1.807, 2.05) is 6.92 Å². The molecule has 0 aromatic heterocycles. The Bertz CT molecular complexity index is 611. The van der Waals surface area contributed by atoms with Gasteiger partial charge in [0.15, 0.2) is 0 Å². The molecule has 2 unspecified atom stereocenters. The highest BCUT2D eigenvalue weighted by atomic mass is 19.1. The quantitative estimate of drug-likeness (QED) is 0.583. The number of nitrogens with one attached hydrogen (secondary N) is 2. The van der Waals surface area contributed by atoms with Crippen molar-refractivity contribution in [2.24, 2.45) is 5.73 Å². The first-order valence-electron chi connectivity index (χ1n) is 7.88. The van der Waals surface area contributed by atoms with Crippen LogP contribution in [0.2, 0.25) is 0 Å². The summed E-state index contributed by atoms with van der Waals surface area (Å²) in [7, 11) is 0. The van der Waals surface area contributed by atoms with Gasteiger partial charge in [0.1, 0.15) is 11.9 Å². The van der Waals surface area contributed by atoms with E-state index in [4.69, 9.17) is 15.7 Å². The summed E-state index contributed by atoms with van der Waals surface area (Å²) in [5, 5.41) is 11.1. The summed E-state index contributed by atoms with van der Waals surface area (Å²) in [6.07, 6.45) is 1.68. The number of amides is 1. The van der Waals surface area contributed by atoms with Crippen molar-refractivity contribution in [2.45, 2.75) is 37.8 Å². The Hall–Kier alpha value is -2.03. The van der Waals surface area contributed by atoms with Crippen LogP contribution in [0.4, 0.5) is 4.39 Å². The molecule has 0 saturated carbocycles. The van der Waals surface area contributed by atoms with Gasteiger partial charge in [0, 0.05) is 24.6 Å². The Morgan fingerprint density at radius 1 is 1.50 bits per heavy atom. The molecule has 1 heterocycles. The van der Waals surface area contributed by atoms with Crippen LogP contribution in [-0.2, 0) is 9.63 Å². The molecule has 0 bridgehead atoms. The Kier molecular flexibility index (Phi) is 6.24. The number of carboxylic acid groups (broad SMARTS) is 1. The van der Waals surface area contributed by atoms with Crippen LogP contribution in [0.15, 0.2) is 18.2 Å². The molecule has 132 valence electrons. The number of aliphatic carboxylic acids is 1. The number of benzene rings is 1. The van der Waals surface area contributed by atoms with Gasteiger partial charge < -0.3 is 16.2 Å². The fourth-order valence-electron chi connectivity index (χ4n) is 2.69. The maximum atomic E-state index is 13.9. The Labute approximate surface area is 139 Å². The SMILES string of the molecule is CCCC1ONCC1c1cc(F)cc(C(=O)NC[C@@H](N)C(=O)O)c1. The number of hydroxylamine groups is 1. The highest BCUT2D eigenvalue weighted by Crippen LogP contribution is 2.29. The standard InChI is InChI=1S/C16H22FN3O4/c1-2-3-14-12(7-20-24-14)9-4-10(6-11(17)5-9)15(21)19-8-13(18)16(22)23/h4-6,12-14,20H,2-3,7-8,18H2,1H3,(H,19,21)(H,22,23)/t12?,13-,14?/m1/s1. The summed E-state index contributed by atoms with van der Waals surface area (Å²) in [6.45, 7) is 2.35. The fraction of sp³-hybridized carbons (Fsp3) is 0.500. The molecule has 0 radical (unpaired) electrons. The molecule has 8 heteroatoms. The van der Waals surface area contributed by atoms with Gasteiger partial charge in [-0.1, -0.05) is 13.3 Å². The highest BCUT2D eigenvalue weighted by Gasteiger charge is 2.30. The number of carbonyl (C=O) groups is 2. The molecule has 1 saturated heterocycles. The van der Waals surface area contributed by atoms with E-state index in [1.54, 1.807) is 6.07 Å². The van der Waals surface area contributed by atoms with Gasteiger partial charge >= 0.3 is 5.97 Å². The molecule has 2 rings (SSSR count). The van der Waals surface area contributed by atoms with E-state index in [-0.39, 0.29) is 24.1 Å². The van der Waals surface area contributed by atoms with Crippen LogP contribution in [0.3, 0.4) is 0 Å². The molecule has 24 heavy (non-hydrogen) atoms. The minimum Gasteiger partial charge on any atom is -0.480 e. The molecule has 1 fully saturated rings. The van der Waals surface area contributed by atoms with Crippen LogP contribution in [0, 0.1) is 5.82 Å². The monoisotopic (exact) mass is 339 g/mol. The number of hydrogen-bond donors (Lipinski definition) is 4. The zero-order valence-electron chi connectivity index (χ0n) is 13.4. The molecule has 5 N–H and O–H groups in total. The first-order valence-corrected chi connectivity index (χ1v) is 7.88. The van der Waals surface area contributed by atoms with E-state index in [2.05, 4.69) is 10.8 Å². The second-order valence-corrected chi connectivity index (χ2v) is 5.83. The molecule has 1 aromatic rings. The smallest absolute Gasteiger partial charge is 0.322 e. The first-order chi connectivity index (χ1) is 11.4. The van der Waals surface area contributed by atoms with Crippen molar-refractivity contribution < 1.29 is 23.9 Å². The van der Waals surface area contributed by atoms with Crippen molar-refractivity contribution >= 4 is 11.9 Å². The molecular weight excluding hydrogens is 317 g/mol. The van der Waals surface area contributed by atoms with E-state index in [0.29, 0.717) is 12.1 Å². The van der Waals surface area contributed by atoms with Gasteiger partial charge in [0.05, 0.1) is 6.10 Å². The number of halogens is 1. The lowest BCUT2D eigenvalue weighted by Crippen LogP contribution is -2.42. The normalized spacial score (nSPS) is 21.5. The predicted molar refractivity (Wildman–Crippen MR) is 84.9 cm³/mol. The van der Waals surface area contributed by atoms with Crippen LogP contribution in [0.25, 0.3) is 0 Å². The number of rotatable bonds is 7. The van der Waals surface area contributed by atoms with E-state index in [1.165, 1.54) is 6.07 Å². The molecule has 0 spiro atoms. The van der Waals surface area contributed by atoms with Crippen molar-refractivity contribution in [2.75, 3.05) is 13.1 Å². The fourth-order valence-corrected chi connectivity index (χ4v) is 2.69. The molecule has 1 aliphatic heterocycles. The minimum absolute atomic E-state index is 0.0477. The highest BCUT2D eigenvalue weighted by molar-refractivity contribution is 5.94. The molecule has 1 aliphatic rings. The van der Waals surface area contributed by atoms with Gasteiger partial charge in [-0.25, -0.2) is 9.87 Å². The summed E-state index contributed by atoms with van der Waals surface area (Å²) in [5.41, 5.74) is 8.96. The summed E-state index contributed by atoms with van der Waals surface area (Å²) < 4.78 is 13.9. The average Bonchev–Trinajstić information content (AvgIpc) is 3.00. The van der Waals surface area contributed by atoms with Gasteiger partial charge in [0.2, 0.25) is 0 Å². The average molecular weight is 339 g/mol. The second-order valence-electron chi connectivity index (χ2n) is 5.83. The van der Waals surface area contributed by atoms with Gasteiger partial charge in [-0.2, -0.15) is 0 Å². The van der Waals surface area contributed by atoms with E-state index in [9.17, 15) is 14.0 Å². The summed E-state index contributed by atoms with van der Waals surface area (Å²) >= 11 is 0. The second kappa shape index (κ2) is 8.18. The summed E-state index contributed by atoms with van der Waals surface area (Å²) in [4.78, 5) is 28.2. The zero-order chi connectivity index (χ0) is 17.7. The van der Waals surface area contributed by atoms with E-state index >= 15 is 0 Å². The maximum absolute atomic E-state index is 13.9. The predicted octanol–water partition coefficient (Wildman–Crippen LogP) is 0.755. The molecule has 1 amide bonds. The van der Waals surface area contributed by atoms with Crippen molar-refractivity contribution in [1.82, 2.24) is 10.8 Å². The lowest BCUT2D eigenvalue weighted by atomic mass is 9.90. The topological polar surface area (TPSA) is 114 Å². The first kappa shape index (κ1) is 18.3. The lowest BCUT2D eigenvalue weighted by Gasteiger charge is -2.17. The number of hydrogen-bond acceptors (Lipinski definition) is 5. The third-order valence-corrected chi connectivity index (χ3v) is 3.97. The van der Waals surface area contributed by atoms with Crippen LogP contribution >= 0.6 is 0 Å².